The number of hydrogen-bond acceptors (Lipinski definition) is 5. The van der Waals surface area contributed by atoms with Gasteiger partial charge in [0.05, 0.1) is 6.20 Å². The van der Waals surface area contributed by atoms with Crippen molar-refractivity contribution in [2.45, 2.75) is 6.61 Å². The minimum Gasteiger partial charge on any atom is -0.444 e. The van der Waals surface area contributed by atoms with Crippen molar-refractivity contribution < 1.29 is 9.53 Å². The Balaban J connectivity index is 1.76. The normalized spacial score (nSPS) is 9.96. The second-order valence-corrected chi connectivity index (χ2v) is 4.81. The third-order valence-corrected chi connectivity index (χ3v) is 3.19. The summed E-state index contributed by atoms with van der Waals surface area (Å²) < 4.78 is 6.55. The maximum Gasteiger partial charge on any atom is 0.413 e. The zero-order chi connectivity index (χ0) is 16.8. The summed E-state index contributed by atoms with van der Waals surface area (Å²) in [5, 5.41) is 15.8. The highest BCUT2D eigenvalue weighted by Gasteiger charge is 2.16. The monoisotopic (exact) mass is 319 g/mol. The van der Waals surface area contributed by atoms with Crippen molar-refractivity contribution >= 4 is 11.9 Å². The van der Waals surface area contributed by atoms with Gasteiger partial charge in [0.15, 0.2) is 11.6 Å². The number of nitrogens with zero attached hydrogens (tertiary/aromatic N) is 4. The number of carbonyl (C=O) groups excluding carboxylic acids is 1. The van der Waals surface area contributed by atoms with Gasteiger partial charge >= 0.3 is 6.09 Å². The summed E-state index contributed by atoms with van der Waals surface area (Å²) in [5.41, 5.74) is 1.09. The topological polar surface area (TPSA) is 92.8 Å². The number of benzene rings is 1. The molecule has 0 fully saturated rings. The molecule has 0 spiro atoms. The molecule has 118 valence electrons. The zero-order valence-corrected chi connectivity index (χ0v) is 12.6. The van der Waals surface area contributed by atoms with E-state index in [0.29, 0.717) is 5.82 Å². The van der Waals surface area contributed by atoms with Crippen molar-refractivity contribution in [3.05, 3.63) is 72.1 Å². The molecule has 0 saturated heterocycles. The Kier molecular flexibility index (Phi) is 4.49. The van der Waals surface area contributed by atoms with Crippen molar-refractivity contribution in [2.24, 2.45) is 0 Å². The fourth-order valence-electron chi connectivity index (χ4n) is 2.06. The Morgan fingerprint density at radius 1 is 1.21 bits per heavy atom. The van der Waals surface area contributed by atoms with Crippen molar-refractivity contribution in [3.8, 4) is 11.9 Å². The molecule has 0 aliphatic rings. The highest BCUT2D eigenvalue weighted by Crippen LogP contribution is 2.18. The van der Waals surface area contributed by atoms with E-state index < -0.39 is 6.09 Å². The molecule has 7 heteroatoms. The lowest BCUT2D eigenvalue weighted by Gasteiger charge is -2.09. The standard InChI is InChI=1S/C17H13N5O2/c18-10-14-11-20-22(15-8-4-5-9-19-15)16(14)21-17(23)24-12-13-6-2-1-3-7-13/h1-9,11H,12H2,(H,21,23). The smallest absolute Gasteiger partial charge is 0.413 e. The quantitative estimate of drug-likeness (QED) is 0.798. The summed E-state index contributed by atoms with van der Waals surface area (Å²) in [5.74, 6) is 0.701. The molecular weight excluding hydrogens is 306 g/mol. The highest BCUT2D eigenvalue weighted by atomic mass is 16.5. The fourth-order valence-corrected chi connectivity index (χ4v) is 2.06. The van der Waals surface area contributed by atoms with Gasteiger partial charge in [-0.05, 0) is 17.7 Å². The number of nitriles is 1. The molecule has 1 amide bonds. The molecule has 7 nitrogen and oxygen atoms in total. The predicted octanol–water partition coefficient (Wildman–Crippen LogP) is 2.89. The Morgan fingerprint density at radius 3 is 2.71 bits per heavy atom. The average Bonchev–Trinajstić information content (AvgIpc) is 3.04. The summed E-state index contributed by atoms with van der Waals surface area (Å²) in [6, 6.07) is 16.6. The number of aromatic nitrogens is 3. The molecule has 1 N–H and O–H groups in total. The molecule has 0 radical (unpaired) electrons. The van der Waals surface area contributed by atoms with Gasteiger partial charge in [-0.1, -0.05) is 36.4 Å². The third-order valence-electron chi connectivity index (χ3n) is 3.19. The maximum atomic E-state index is 12.0. The number of ether oxygens (including phenoxy) is 1. The number of pyridine rings is 1. The van der Waals surface area contributed by atoms with E-state index in [1.54, 1.807) is 24.4 Å². The third kappa shape index (κ3) is 3.39. The number of nitrogens with one attached hydrogen (secondary N) is 1. The molecule has 0 aliphatic heterocycles. The summed E-state index contributed by atoms with van der Waals surface area (Å²) in [4.78, 5) is 16.2. The molecule has 0 aliphatic carbocycles. The molecule has 3 rings (SSSR count). The van der Waals surface area contributed by atoms with Gasteiger partial charge in [-0.25, -0.2) is 9.78 Å². The Morgan fingerprint density at radius 2 is 2.00 bits per heavy atom. The van der Waals surface area contributed by atoms with E-state index in [0.717, 1.165) is 5.56 Å². The Labute approximate surface area is 138 Å². The van der Waals surface area contributed by atoms with Crippen LogP contribution in [0.1, 0.15) is 11.1 Å². The SMILES string of the molecule is N#Cc1cnn(-c2ccccn2)c1NC(=O)OCc1ccccc1. The van der Waals surface area contributed by atoms with Crippen LogP contribution in [0.5, 0.6) is 0 Å². The molecule has 24 heavy (non-hydrogen) atoms. The van der Waals surface area contributed by atoms with Gasteiger partial charge in [0.2, 0.25) is 0 Å². The molecule has 2 aromatic heterocycles. The minimum absolute atomic E-state index is 0.131. The van der Waals surface area contributed by atoms with E-state index in [-0.39, 0.29) is 18.0 Å². The van der Waals surface area contributed by atoms with Gasteiger partial charge in [-0.15, -0.1) is 0 Å². The Bertz CT molecular complexity index is 869. The lowest BCUT2D eigenvalue weighted by molar-refractivity contribution is 0.155. The van der Waals surface area contributed by atoms with Gasteiger partial charge in [0.25, 0.3) is 0 Å². The van der Waals surface area contributed by atoms with Crippen LogP contribution in [-0.4, -0.2) is 20.9 Å². The highest BCUT2D eigenvalue weighted by molar-refractivity contribution is 5.85. The van der Waals surface area contributed by atoms with Crippen LogP contribution >= 0.6 is 0 Å². The van der Waals surface area contributed by atoms with E-state index in [2.05, 4.69) is 15.4 Å². The lowest BCUT2D eigenvalue weighted by atomic mass is 10.2. The lowest BCUT2D eigenvalue weighted by Crippen LogP contribution is -2.17. The van der Waals surface area contributed by atoms with E-state index in [4.69, 9.17) is 4.74 Å². The number of anilines is 1. The minimum atomic E-state index is -0.673. The number of amides is 1. The molecule has 0 bridgehead atoms. The molecular formula is C17H13N5O2. The van der Waals surface area contributed by atoms with E-state index >= 15 is 0 Å². The van der Waals surface area contributed by atoms with Gasteiger partial charge in [-0.2, -0.15) is 15.0 Å². The van der Waals surface area contributed by atoms with Crippen molar-refractivity contribution in [1.82, 2.24) is 14.8 Å². The maximum absolute atomic E-state index is 12.0. The van der Waals surface area contributed by atoms with Crippen molar-refractivity contribution in [2.75, 3.05) is 5.32 Å². The van der Waals surface area contributed by atoms with Gasteiger partial charge in [0.1, 0.15) is 18.2 Å². The van der Waals surface area contributed by atoms with Crippen LogP contribution in [0.15, 0.2) is 60.9 Å². The van der Waals surface area contributed by atoms with Crippen LogP contribution in [0, 0.1) is 11.3 Å². The van der Waals surface area contributed by atoms with Gasteiger partial charge in [-0.3, -0.25) is 5.32 Å². The average molecular weight is 319 g/mol. The first kappa shape index (κ1) is 15.2. The Hall–Kier alpha value is -3.66. The second-order valence-electron chi connectivity index (χ2n) is 4.81. The number of carbonyl (C=O) groups is 1. The predicted molar refractivity (Wildman–Crippen MR) is 86.3 cm³/mol. The first-order valence-corrected chi connectivity index (χ1v) is 7.15. The molecule has 0 unspecified atom stereocenters. The summed E-state index contributed by atoms with van der Waals surface area (Å²) in [6.45, 7) is 0.131. The summed E-state index contributed by atoms with van der Waals surface area (Å²) >= 11 is 0. The van der Waals surface area contributed by atoms with Crippen LogP contribution in [0.25, 0.3) is 5.82 Å². The van der Waals surface area contributed by atoms with Crippen molar-refractivity contribution in [1.29, 1.82) is 5.26 Å². The van der Waals surface area contributed by atoms with Crippen LogP contribution in [-0.2, 0) is 11.3 Å². The summed E-state index contributed by atoms with van der Waals surface area (Å²) in [7, 11) is 0. The molecule has 2 heterocycles. The van der Waals surface area contributed by atoms with Gasteiger partial charge < -0.3 is 4.74 Å². The van der Waals surface area contributed by atoms with Crippen LogP contribution in [0.3, 0.4) is 0 Å². The van der Waals surface area contributed by atoms with E-state index in [1.165, 1.54) is 10.9 Å². The molecule has 0 saturated carbocycles. The number of hydrogen-bond donors (Lipinski definition) is 1. The molecule has 0 atom stereocenters. The second kappa shape index (κ2) is 7.07. The van der Waals surface area contributed by atoms with Crippen molar-refractivity contribution in [3.63, 3.8) is 0 Å². The van der Waals surface area contributed by atoms with Crippen LogP contribution in [0.4, 0.5) is 10.6 Å². The van der Waals surface area contributed by atoms with Gasteiger partial charge in [0, 0.05) is 6.20 Å². The number of rotatable bonds is 4. The fraction of sp³-hybridized carbons (Fsp3) is 0.0588. The summed E-state index contributed by atoms with van der Waals surface area (Å²) in [6.07, 6.45) is 2.29. The van der Waals surface area contributed by atoms with E-state index in [9.17, 15) is 10.1 Å². The first-order chi connectivity index (χ1) is 11.8. The van der Waals surface area contributed by atoms with Crippen LogP contribution in [0.2, 0.25) is 0 Å². The van der Waals surface area contributed by atoms with E-state index in [1.807, 2.05) is 36.4 Å². The first-order valence-electron chi connectivity index (χ1n) is 7.15. The molecule has 3 aromatic rings. The largest absolute Gasteiger partial charge is 0.444 e. The molecule has 1 aromatic carbocycles. The van der Waals surface area contributed by atoms with Crippen LogP contribution < -0.4 is 5.32 Å². The zero-order valence-electron chi connectivity index (χ0n) is 12.6.